The summed E-state index contributed by atoms with van der Waals surface area (Å²) in [5.41, 5.74) is 1.08. The van der Waals surface area contributed by atoms with Crippen LogP contribution >= 0.6 is 15.9 Å². The second-order valence-electron chi connectivity index (χ2n) is 3.69. The molecular formula is C10H13BrN6O. The predicted molar refractivity (Wildman–Crippen MR) is 67.8 cm³/mol. The molecule has 96 valence electrons. The highest BCUT2D eigenvalue weighted by atomic mass is 79.9. The van der Waals surface area contributed by atoms with Gasteiger partial charge in [-0.2, -0.15) is 20.1 Å². The quantitative estimate of drug-likeness (QED) is 0.902. The fraction of sp³-hybridized carbons (Fsp3) is 0.400. The molecule has 0 atom stereocenters. The summed E-state index contributed by atoms with van der Waals surface area (Å²) in [4.78, 5) is 13.4. The van der Waals surface area contributed by atoms with Gasteiger partial charge in [-0.3, -0.25) is 9.48 Å². The van der Waals surface area contributed by atoms with Crippen LogP contribution < -0.4 is 5.32 Å². The molecule has 2 aromatic heterocycles. The zero-order valence-corrected chi connectivity index (χ0v) is 11.7. The highest BCUT2D eigenvalue weighted by molar-refractivity contribution is 9.10. The molecule has 0 saturated heterocycles. The zero-order valence-electron chi connectivity index (χ0n) is 10.1. The second-order valence-corrected chi connectivity index (χ2v) is 4.54. The molecule has 0 fully saturated rings. The summed E-state index contributed by atoms with van der Waals surface area (Å²) in [5.74, 6) is -0.236. The molecule has 2 heterocycles. The van der Waals surface area contributed by atoms with Crippen LogP contribution in [-0.2, 0) is 20.1 Å². The van der Waals surface area contributed by atoms with Crippen LogP contribution in [0.3, 0.4) is 0 Å². The number of aromatic nitrogens is 5. The first-order valence-electron chi connectivity index (χ1n) is 5.46. The van der Waals surface area contributed by atoms with Gasteiger partial charge in [0.25, 0.3) is 5.91 Å². The lowest BCUT2D eigenvalue weighted by atomic mass is 10.4. The first-order valence-corrected chi connectivity index (χ1v) is 6.25. The molecule has 2 rings (SSSR count). The number of nitrogens with zero attached hydrogens (tertiary/aromatic N) is 5. The molecule has 0 aliphatic carbocycles. The van der Waals surface area contributed by atoms with Gasteiger partial charge in [0.2, 0.25) is 0 Å². The Kier molecular flexibility index (Phi) is 3.75. The third-order valence-electron chi connectivity index (χ3n) is 2.33. The minimum atomic E-state index is -0.236. The van der Waals surface area contributed by atoms with Crippen molar-refractivity contribution in [2.24, 2.45) is 7.05 Å². The van der Waals surface area contributed by atoms with Crippen LogP contribution in [-0.4, -0.2) is 30.7 Å². The van der Waals surface area contributed by atoms with Crippen molar-refractivity contribution in [3.63, 3.8) is 0 Å². The topological polar surface area (TPSA) is 77.6 Å². The highest BCUT2D eigenvalue weighted by Crippen LogP contribution is 2.14. The number of hydrogen-bond acceptors (Lipinski definition) is 4. The number of carbonyl (C=O) groups excluding carboxylic acids is 1. The van der Waals surface area contributed by atoms with Crippen molar-refractivity contribution in [2.45, 2.75) is 20.0 Å². The number of aryl methyl sites for hydroxylation is 2. The second kappa shape index (κ2) is 5.30. The zero-order chi connectivity index (χ0) is 13.1. The van der Waals surface area contributed by atoms with Gasteiger partial charge < -0.3 is 5.32 Å². The Balaban J connectivity index is 2.01. The molecule has 1 amide bonds. The number of halogens is 1. The van der Waals surface area contributed by atoms with E-state index >= 15 is 0 Å². The smallest absolute Gasteiger partial charge is 0.273 e. The van der Waals surface area contributed by atoms with Crippen molar-refractivity contribution in [3.05, 3.63) is 28.3 Å². The van der Waals surface area contributed by atoms with E-state index < -0.39 is 0 Å². The van der Waals surface area contributed by atoms with Gasteiger partial charge in [0.1, 0.15) is 5.69 Å². The Labute approximate surface area is 112 Å². The monoisotopic (exact) mass is 312 g/mol. The normalized spacial score (nSPS) is 10.6. The third-order valence-corrected chi connectivity index (χ3v) is 2.91. The van der Waals surface area contributed by atoms with Crippen LogP contribution in [0.2, 0.25) is 0 Å². The summed E-state index contributed by atoms with van der Waals surface area (Å²) in [7, 11) is 1.73. The van der Waals surface area contributed by atoms with Gasteiger partial charge in [0.05, 0.1) is 17.2 Å². The van der Waals surface area contributed by atoms with Crippen molar-refractivity contribution in [2.75, 3.05) is 0 Å². The minimum absolute atomic E-state index is 0.236. The Morgan fingerprint density at radius 2 is 2.28 bits per heavy atom. The van der Waals surface area contributed by atoms with E-state index in [4.69, 9.17) is 0 Å². The van der Waals surface area contributed by atoms with E-state index in [9.17, 15) is 4.79 Å². The van der Waals surface area contributed by atoms with Gasteiger partial charge in [-0.15, -0.1) is 0 Å². The fourth-order valence-corrected chi connectivity index (χ4v) is 1.93. The lowest BCUT2D eigenvalue weighted by molar-refractivity contribution is 0.0943. The molecule has 0 bridgehead atoms. The van der Waals surface area contributed by atoms with Gasteiger partial charge in [-0.05, 0) is 22.9 Å². The highest BCUT2D eigenvalue weighted by Gasteiger charge is 2.14. The third kappa shape index (κ3) is 2.76. The molecule has 8 heteroatoms. The van der Waals surface area contributed by atoms with Crippen LogP contribution in [0.15, 0.2) is 16.9 Å². The molecule has 0 spiro atoms. The number of nitrogens with one attached hydrogen (secondary N) is 1. The number of hydrogen-bond donors (Lipinski definition) is 1. The molecule has 2 aromatic rings. The summed E-state index contributed by atoms with van der Waals surface area (Å²) in [6, 6.07) is 0. The summed E-state index contributed by atoms with van der Waals surface area (Å²) < 4.78 is 2.38. The van der Waals surface area contributed by atoms with Crippen LogP contribution in [0.1, 0.15) is 23.1 Å². The molecule has 0 aliphatic heterocycles. The lowest BCUT2D eigenvalue weighted by Crippen LogP contribution is -2.24. The van der Waals surface area contributed by atoms with Gasteiger partial charge >= 0.3 is 0 Å². The molecule has 7 nitrogen and oxygen atoms in total. The van der Waals surface area contributed by atoms with Gasteiger partial charge in [0, 0.05) is 19.8 Å². The first kappa shape index (κ1) is 12.7. The Hall–Kier alpha value is -1.70. The number of rotatable bonds is 4. The van der Waals surface area contributed by atoms with E-state index in [0.29, 0.717) is 22.4 Å². The molecule has 0 aliphatic rings. The molecule has 18 heavy (non-hydrogen) atoms. The maximum atomic E-state index is 11.9. The summed E-state index contributed by atoms with van der Waals surface area (Å²) in [5, 5.41) is 14.9. The summed E-state index contributed by atoms with van der Waals surface area (Å²) in [6.45, 7) is 3.01. The Bertz CT molecular complexity index is 560. The standard InChI is InChI=1S/C10H13BrN6O/c1-3-17-6-8(11)9(15-17)10(18)12-4-7-5-13-16(2)14-7/h5-6H,3-4H2,1-2H3,(H,12,18). The Morgan fingerprint density at radius 3 is 2.83 bits per heavy atom. The lowest BCUT2D eigenvalue weighted by Gasteiger charge is -2.00. The van der Waals surface area contributed by atoms with E-state index in [1.807, 2.05) is 6.92 Å². The van der Waals surface area contributed by atoms with Crippen molar-refractivity contribution in [3.8, 4) is 0 Å². The van der Waals surface area contributed by atoms with Crippen molar-refractivity contribution >= 4 is 21.8 Å². The van der Waals surface area contributed by atoms with Crippen LogP contribution in [0.5, 0.6) is 0 Å². The number of carbonyl (C=O) groups is 1. The van der Waals surface area contributed by atoms with E-state index in [1.54, 1.807) is 24.1 Å². The van der Waals surface area contributed by atoms with E-state index in [1.165, 1.54) is 4.80 Å². The van der Waals surface area contributed by atoms with Crippen LogP contribution in [0.25, 0.3) is 0 Å². The average Bonchev–Trinajstić information content (AvgIpc) is 2.92. The molecule has 0 aromatic carbocycles. The van der Waals surface area contributed by atoms with E-state index in [2.05, 4.69) is 36.5 Å². The van der Waals surface area contributed by atoms with Gasteiger partial charge in [-0.25, -0.2) is 0 Å². The van der Waals surface area contributed by atoms with Crippen molar-refractivity contribution in [1.29, 1.82) is 0 Å². The fourth-order valence-electron chi connectivity index (χ4n) is 1.44. The maximum absolute atomic E-state index is 11.9. The largest absolute Gasteiger partial charge is 0.345 e. The SMILES string of the molecule is CCn1cc(Br)c(C(=O)NCc2cnn(C)n2)n1. The summed E-state index contributed by atoms with van der Waals surface area (Å²) in [6.07, 6.45) is 3.39. The van der Waals surface area contributed by atoms with Gasteiger partial charge in [0.15, 0.2) is 5.69 Å². The average molecular weight is 313 g/mol. The van der Waals surface area contributed by atoms with Crippen LogP contribution in [0, 0.1) is 0 Å². The molecule has 0 radical (unpaired) electrons. The van der Waals surface area contributed by atoms with Crippen LogP contribution in [0.4, 0.5) is 0 Å². The molecular weight excluding hydrogens is 300 g/mol. The summed E-state index contributed by atoms with van der Waals surface area (Å²) >= 11 is 3.31. The van der Waals surface area contributed by atoms with E-state index in [-0.39, 0.29) is 5.91 Å². The predicted octanol–water partition coefficient (Wildman–Crippen LogP) is 0.724. The Morgan fingerprint density at radius 1 is 1.50 bits per heavy atom. The minimum Gasteiger partial charge on any atom is -0.345 e. The maximum Gasteiger partial charge on any atom is 0.273 e. The van der Waals surface area contributed by atoms with Crippen molar-refractivity contribution < 1.29 is 4.79 Å². The van der Waals surface area contributed by atoms with E-state index in [0.717, 1.165) is 6.54 Å². The first-order chi connectivity index (χ1) is 8.60. The molecule has 0 unspecified atom stereocenters. The molecule has 1 N–H and O–H groups in total. The number of amides is 1. The molecule has 0 saturated carbocycles. The van der Waals surface area contributed by atoms with Crippen molar-refractivity contribution in [1.82, 2.24) is 30.1 Å². The van der Waals surface area contributed by atoms with Gasteiger partial charge in [-0.1, -0.05) is 0 Å².